The van der Waals surface area contributed by atoms with E-state index in [1.165, 1.54) is 30.6 Å². The van der Waals surface area contributed by atoms with Crippen molar-refractivity contribution < 1.29 is 19.3 Å². The second-order valence-corrected chi connectivity index (χ2v) is 7.56. The van der Waals surface area contributed by atoms with Crippen LogP contribution >= 0.6 is 0 Å². The summed E-state index contributed by atoms with van der Waals surface area (Å²) in [7, 11) is 0. The van der Waals surface area contributed by atoms with Crippen molar-refractivity contribution in [3.05, 3.63) is 87.0 Å². The Labute approximate surface area is 188 Å². The minimum absolute atomic E-state index is 0.00862. The van der Waals surface area contributed by atoms with Crippen LogP contribution in [0.3, 0.4) is 0 Å². The fraction of sp³-hybridized carbons (Fsp3) is 0.130. The zero-order chi connectivity index (χ0) is 23.9. The zero-order valence-corrected chi connectivity index (χ0v) is 18.0. The van der Waals surface area contributed by atoms with Gasteiger partial charge in [-0.2, -0.15) is 0 Å². The summed E-state index contributed by atoms with van der Waals surface area (Å²) in [6.07, 6.45) is 4.30. The van der Waals surface area contributed by atoms with Gasteiger partial charge in [0.2, 0.25) is 0 Å². The van der Waals surface area contributed by atoms with Gasteiger partial charge in [-0.05, 0) is 62.2 Å². The molecule has 0 aliphatic carbocycles. The predicted molar refractivity (Wildman–Crippen MR) is 120 cm³/mol. The fourth-order valence-electron chi connectivity index (χ4n) is 3.84. The van der Waals surface area contributed by atoms with Crippen LogP contribution in [-0.2, 0) is 9.59 Å². The number of nitro groups is 1. The Kier molecular flexibility index (Phi) is 5.34. The molecule has 1 fully saturated rings. The first-order valence-electron chi connectivity index (χ1n) is 9.95. The SMILES string of the molecule is Cc1cc([N+](=O)[O-])ccc1-n1c(C)cc(/C=C2\C(=O)NC(=O)N(c3cccnc3)C2=O)c1C. The maximum absolute atomic E-state index is 13.1. The Bertz CT molecular complexity index is 1360. The first kappa shape index (κ1) is 21.6. The molecule has 166 valence electrons. The van der Waals surface area contributed by atoms with Gasteiger partial charge in [0.1, 0.15) is 5.57 Å². The first-order chi connectivity index (χ1) is 15.7. The number of nitrogens with zero attached hydrogens (tertiary/aromatic N) is 4. The lowest BCUT2D eigenvalue weighted by Crippen LogP contribution is -2.54. The van der Waals surface area contributed by atoms with Crippen molar-refractivity contribution in [2.45, 2.75) is 20.8 Å². The average molecular weight is 445 g/mol. The average Bonchev–Trinajstić information content (AvgIpc) is 3.04. The molecule has 0 spiro atoms. The number of hydrogen-bond donors (Lipinski definition) is 1. The Morgan fingerprint density at radius 2 is 1.85 bits per heavy atom. The molecule has 0 unspecified atom stereocenters. The molecule has 1 aliphatic rings. The number of non-ortho nitro benzene ring substituents is 1. The molecular weight excluding hydrogens is 426 g/mol. The molecule has 2 aromatic heterocycles. The highest BCUT2D eigenvalue weighted by Crippen LogP contribution is 2.28. The Balaban J connectivity index is 1.77. The molecule has 1 N–H and O–H groups in total. The Hall–Kier alpha value is -4.60. The lowest BCUT2D eigenvalue weighted by molar-refractivity contribution is -0.384. The number of amides is 4. The number of nitrogens with one attached hydrogen (secondary N) is 1. The van der Waals surface area contributed by atoms with Gasteiger partial charge in [-0.1, -0.05) is 0 Å². The van der Waals surface area contributed by atoms with Gasteiger partial charge in [-0.25, -0.2) is 9.69 Å². The number of urea groups is 1. The minimum atomic E-state index is -0.845. The number of barbiturate groups is 1. The third-order valence-electron chi connectivity index (χ3n) is 5.41. The number of carbonyl (C=O) groups excluding carboxylic acids is 3. The molecule has 1 saturated heterocycles. The third kappa shape index (κ3) is 3.78. The molecule has 0 atom stereocenters. The van der Waals surface area contributed by atoms with Gasteiger partial charge in [-0.15, -0.1) is 0 Å². The number of rotatable bonds is 4. The van der Waals surface area contributed by atoms with E-state index < -0.39 is 22.8 Å². The van der Waals surface area contributed by atoms with E-state index in [0.717, 1.165) is 22.0 Å². The number of anilines is 1. The maximum atomic E-state index is 13.1. The smallest absolute Gasteiger partial charge is 0.318 e. The number of aromatic nitrogens is 2. The van der Waals surface area contributed by atoms with Gasteiger partial charge >= 0.3 is 6.03 Å². The van der Waals surface area contributed by atoms with E-state index in [4.69, 9.17) is 0 Å². The highest BCUT2D eigenvalue weighted by molar-refractivity contribution is 6.39. The topological polar surface area (TPSA) is 127 Å². The van der Waals surface area contributed by atoms with Gasteiger partial charge in [-0.3, -0.25) is 30.0 Å². The van der Waals surface area contributed by atoms with Crippen molar-refractivity contribution in [1.82, 2.24) is 14.9 Å². The maximum Gasteiger partial charge on any atom is 0.336 e. The number of hydrogen-bond acceptors (Lipinski definition) is 6. The fourth-order valence-corrected chi connectivity index (χ4v) is 3.84. The summed E-state index contributed by atoms with van der Waals surface area (Å²) in [5, 5.41) is 13.3. The largest absolute Gasteiger partial charge is 0.336 e. The second kappa shape index (κ2) is 8.15. The van der Waals surface area contributed by atoms with Crippen LogP contribution in [0, 0.1) is 30.9 Å². The summed E-state index contributed by atoms with van der Waals surface area (Å²) >= 11 is 0. The van der Waals surface area contributed by atoms with Crippen LogP contribution in [0.15, 0.2) is 54.4 Å². The lowest BCUT2D eigenvalue weighted by atomic mass is 10.1. The monoisotopic (exact) mass is 445 g/mol. The van der Waals surface area contributed by atoms with E-state index in [2.05, 4.69) is 10.3 Å². The molecule has 33 heavy (non-hydrogen) atoms. The van der Waals surface area contributed by atoms with Crippen molar-refractivity contribution in [3.8, 4) is 5.69 Å². The van der Waals surface area contributed by atoms with Crippen LogP contribution in [0.2, 0.25) is 0 Å². The molecule has 0 saturated carbocycles. The van der Waals surface area contributed by atoms with Gasteiger partial charge in [0, 0.05) is 35.4 Å². The molecule has 0 radical (unpaired) electrons. The highest BCUT2D eigenvalue weighted by Gasteiger charge is 2.37. The number of carbonyl (C=O) groups is 3. The van der Waals surface area contributed by atoms with Crippen LogP contribution in [0.4, 0.5) is 16.2 Å². The van der Waals surface area contributed by atoms with Crippen LogP contribution in [0.1, 0.15) is 22.5 Å². The number of nitro benzene ring substituents is 1. The summed E-state index contributed by atoms with van der Waals surface area (Å²) in [5.41, 5.74) is 3.61. The van der Waals surface area contributed by atoms with Crippen molar-refractivity contribution in [1.29, 1.82) is 0 Å². The number of pyridine rings is 1. The van der Waals surface area contributed by atoms with Gasteiger partial charge in [0.05, 0.1) is 16.8 Å². The van der Waals surface area contributed by atoms with E-state index in [9.17, 15) is 24.5 Å². The van der Waals surface area contributed by atoms with Crippen molar-refractivity contribution in [3.63, 3.8) is 0 Å². The standard InChI is InChI=1S/C23H19N5O5/c1-13-9-17(28(32)33)6-7-20(13)26-14(2)10-16(15(26)3)11-19-21(29)25-23(31)27(22(19)30)18-5-4-8-24-12-18/h4-12H,1-3H3,(H,25,29,31)/b19-11+. The molecule has 1 aliphatic heterocycles. The Morgan fingerprint density at radius 1 is 1.09 bits per heavy atom. The zero-order valence-electron chi connectivity index (χ0n) is 18.0. The summed E-state index contributed by atoms with van der Waals surface area (Å²) in [4.78, 5) is 53.2. The van der Waals surface area contributed by atoms with Gasteiger partial charge in [0.15, 0.2) is 0 Å². The molecule has 10 heteroatoms. The summed E-state index contributed by atoms with van der Waals surface area (Å²) in [5.74, 6) is -1.55. The van der Waals surface area contributed by atoms with E-state index in [-0.39, 0.29) is 16.9 Å². The van der Waals surface area contributed by atoms with Gasteiger partial charge < -0.3 is 4.57 Å². The summed E-state index contributed by atoms with van der Waals surface area (Å²) in [6, 6.07) is 8.65. The van der Waals surface area contributed by atoms with Crippen molar-refractivity contribution in [2.75, 3.05) is 4.90 Å². The van der Waals surface area contributed by atoms with Crippen LogP contribution in [0.5, 0.6) is 0 Å². The lowest BCUT2D eigenvalue weighted by Gasteiger charge is -2.26. The van der Waals surface area contributed by atoms with Crippen molar-refractivity contribution >= 4 is 35.3 Å². The molecule has 3 aromatic rings. The van der Waals surface area contributed by atoms with E-state index in [1.807, 2.05) is 18.4 Å². The summed E-state index contributed by atoms with van der Waals surface area (Å²) < 4.78 is 1.89. The first-order valence-corrected chi connectivity index (χ1v) is 9.95. The molecule has 4 amide bonds. The van der Waals surface area contributed by atoms with E-state index >= 15 is 0 Å². The normalized spacial score (nSPS) is 15.2. The number of imide groups is 2. The van der Waals surface area contributed by atoms with Crippen LogP contribution in [0.25, 0.3) is 11.8 Å². The second-order valence-electron chi connectivity index (χ2n) is 7.56. The molecule has 10 nitrogen and oxygen atoms in total. The van der Waals surface area contributed by atoms with Gasteiger partial charge in [0.25, 0.3) is 17.5 Å². The third-order valence-corrected chi connectivity index (χ3v) is 5.41. The predicted octanol–water partition coefficient (Wildman–Crippen LogP) is 3.37. The molecule has 4 rings (SSSR count). The van der Waals surface area contributed by atoms with Crippen LogP contribution < -0.4 is 10.2 Å². The molecule has 3 heterocycles. The quantitative estimate of drug-likeness (QED) is 0.284. The number of benzene rings is 1. The highest BCUT2D eigenvalue weighted by atomic mass is 16.6. The summed E-state index contributed by atoms with van der Waals surface area (Å²) in [6.45, 7) is 5.44. The molecular formula is C23H19N5O5. The van der Waals surface area contributed by atoms with Crippen LogP contribution in [-0.4, -0.2) is 32.3 Å². The molecule has 0 bridgehead atoms. The van der Waals surface area contributed by atoms with E-state index in [0.29, 0.717) is 11.1 Å². The minimum Gasteiger partial charge on any atom is -0.318 e. The van der Waals surface area contributed by atoms with E-state index in [1.54, 1.807) is 31.2 Å². The Morgan fingerprint density at radius 3 is 2.48 bits per heavy atom. The van der Waals surface area contributed by atoms with Crippen molar-refractivity contribution in [2.24, 2.45) is 0 Å². The number of aryl methyl sites for hydroxylation is 2. The molecule has 1 aromatic carbocycles.